The van der Waals surface area contributed by atoms with Gasteiger partial charge in [0, 0.05) is 16.5 Å². The Hall–Kier alpha value is -2.28. The fourth-order valence-corrected chi connectivity index (χ4v) is 2.40. The molecule has 1 heterocycles. The number of carbonyl (C=O) groups is 1. The van der Waals surface area contributed by atoms with Crippen LogP contribution in [0.3, 0.4) is 0 Å². The molecule has 0 fully saturated rings. The first-order valence-electron chi connectivity index (χ1n) is 5.24. The minimum atomic E-state index is -1.15. The zero-order valence-electron chi connectivity index (χ0n) is 9.82. The average Bonchev–Trinajstić information content (AvgIpc) is 2.80. The number of hydrogen-bond donors (Lipinski definition) is 1. The van der Waals surface area contributed by atoms with Gasteiger partial charge in [-0.05, 0) is 25.1 Å². The molecule has 0 spiro atoms. The lowest BCUT2D eigenvalue weighted by molar-refractivity contribution is -0.385. The van der Waals surface area contributed by atoms with Crippen LogP contribution < -0.4 is 0 Å². The summed E-state index contributed by atoms with van der Waals surface area (Å²) in [5.41, 5.74) is 0.542. The van der Waals surface area contributed by atoms with E-state index in [4.69, 9.17) is 9.52 Å². The van der Waals surface area contributed by atoms with Crippen LogP contribution in [0, 0.1) is 17.0 Å². The second kappa shape index (κ2) is 5.15. The first kappa shape index (κ1) is 13.2. The number of rotatable bonds is 4. The first-order valence-corrected chi connectivity index (χ1v) is 6.05. The van der Waals surface area contributed by atoms with E-state index in [9.17, 15) is 14.9 Å². The van der Waals surface area contributed by atoms with Gasteiger partial charge in [0.1, 0.15) is 0 Å². The van der Waals surface area contributed by atoms with Gasteiger partial charge in [0.15, 0.2) is 5.09 Å². The molecule has 1 aromatic carbocycles. The molecule has 2 aromatic rings. The molecule has 0 atom stereocenters. The van der Waals surface area contributed by atoms with Crippen LogP contribution in [0.2, 0.25) is 0 Å². The molecule has 6 nitrogen and oxygen atoms in total. The highest BCUT2D eigenvalue weighted by Crippen LogP contribution is 2.34. The molecule has 1 aromatic heterocycles. The molecule has 2 rings (SSSR count). The molecular formula is C12H9NO5S. The van der Waals surface area contributed by atoms with Gasteiger partial charge in [0.2, 0.25) is 5.76 Å². The third-order valence-corrected chi connectivity index (χ3v) is 3.54. The third-order valence-electron chi connectivity index (χ3n) is 2.45. The zero-order valence-corrected chi connectivity index (χ0v) is 10.6. The van der Waals surface area contributed by atoms with Crippen molar-refractivity contribution in [1.82, 2.24) is 0 Å². The number of nitro benzene ring substituents is 1. The summed E-state index contributed by atoms with van der Waals surface area (Å²) >= 11 is 1.15. The molecular weight excluding hydrogens is 270 g/mol. The Morgan fingerprint density at radius 3 is 2.68 bits per heavy atom. The molecule has 98 valence electrons. The van der Waals surface area contributed by atoms with E-state index in [0.29, 0.717) is 15.6 Å². The van der Waals surface area contributed by atoms with E-state index in [1.54, 1.807) is 19.1 Å². The first-order chi connectivity index (χ1) is 8.99. The lowest BCUT2D eigenvalue weighted by Crippen LogP contribution is -1.92. The van der Waals surface area contributed by atoms with Crippen molar-refractivity contribution in [2.45, 2.75) is 16.9 Å². The molecule has 0 aliphatic carbocycles. The van der Waals surface area contributed by atoms with Gasteiger partial charge in [-0.2, -0.15) is 0 Å². The van der Waals surface area contributed by atoms with Crippen LogP contribution in [0.5, 0.6) is 0 Å². The number of nitrogens with zero attached hydrogens (tertiary/aromatic N) is 1. The summed E-state index contributed by atoms with van der Waals surface area (Å²) in [7, 11) is 0. The van der Waals surface area contributed by atoms with Crippen LogP contribution in [0.15, 0.2) is 44.7 Å². The van der Waals surface area contributed by atoms with Crippen molar-refractivity contribution in [3.63, 3.8) is 0 Å². The van der Waals surface area contributed by atoms with Crippen LogP contribution in [-0.4, -0.2) is 16.0 Å². The molecule has 0 aliphatic rings. The van der Waals surface area contributed by atoms with Crippen molar-refractivity contribution in [3.05, 3.63) is 51.8 Å². The molecule has 19 heavy (non-hydrogen) atoms. The van der Waals surface area contributed by atoms with Crippen LogP contribution in [-0.2, 0) is 0 Å². The Labute approximate surface area is 112 Å². The highest BCUT2D eigenvalue weighted by Gasteiger charge is 2.16. The number of hydrogen-bond acceptors (Lipinski definition) is 5. The van der Waals surface area contributed by atoms with Crippen molar-refractivity contribution in [2.75, 3.05) is 0 Å². The summed E-state index contributed by atoms with van der Waals surface area (Å²) in [5, 5.41) is 19.9. The van der Waals surface area contributed by atoms with Gasteiger partial charge in [-0.1, -0.05) is 17.8 Å². The third kappa shape index (κ3) is 2.76. The Morgan fingerprint density at radius 1 is 1.37 bits per heavy atom. The highest BCUT2D eigenvalue weighted by atomic mass is 32.2. The van der Waals surface area contributed by atoms with Crippen LogP contribution in [0.25, 0.3) is 0 Å². The lowest BCUT2D eigenvalue weighted by Gasteiger charge is -2.03. The van der Waals surface area contributed by atoms with Gasteiger partial charge in [0.05, 0.1) is 4.92 Å². The Morgan fingerprint density at radius 2 is 2.11 bits per heavy atom. The quantitative estimate of drug-likeness (QED) is 0.681. The molecule has 0 bridgehead atoms. The van der Waals surface area contributed by atoms with Gasteiger partial charge < -0.3 is 9.52 Å². The molecule has 0 amide bonds. The molecule has 1 N–H and O–H groups in total. The number of benzene rings is 1. The summed E-state index contributed by atoms with van der Waals surface area (Å²) in [4.78, 5) is 21.7. The van der Waals surface area contributed by atoms with Crippen molar-refractivity contribution in [3.8, 4) is 0 Å². The second-order valence-corrected chi connectivity index (χ2v) is 4.73. The van der Waals surface area contributed by atoms with Crippen molar-refractivity contribution in [2.24, 2.45) is 0 Å². The summed E-state index contributed by atoms with van der Waals surface area (Å²) in [6, 6.07) is 7.58. The van der Waals surface area contributed by atoms with E-state index in [1.807, 2.05) is 0 Å². The van der Waals surface area contributed by atoms with E-state index in [0.717, 1.165) is 11.8 Å². The molecule has 0 unspecified atom stereocenters. The van der Waals surface area contributed by atoms with Crippen LogP contribution in [0.4, 0.5) is 5.69 Å². The van der Waals surface area contributed by atoms with E-state index >= 15 is 0 Å². The maximum atomic E-state index is 10.8. The fourth-order valence-electron chi connectivity index (χ4n) is 1.51. The topological polar surface area (TPSA) is 93.6 Å². The molecule has 0 aliphatic heterocycles. The Balaban J connectivity index is 2.30. The predicted octanol–water partition coefficient (Wildman–Crippen LogP) is 3.35. The van der Waals surface area contributed by atoms with Crippen LogP contribution >= 0.6 is 11.8 Å². The normalized spacial score (nSPS) is 10.4. The molecule has 7 heteroatoms. The van der Waals surface area contributed by atoms with Gasteiger partial charge in [0.25, 0.3) is 5.69 Å². The fraction of sp³-hybridized carbons (Fsp3) is 0.0833. The molecule has 0 saturated heterocycles. The Kier molecular flexibility index (Phi) is 3.57. The van der Waals surface area contributed by atoms with Gasteiger partial charge in [-0.15, -0.1) is 0 Å². The SMILES string of the molecule is Cc1c(Sc2ccc(C(=O)O)o2)cccc1[N+](=O)[O-]. The molecule has 0 radical (unpaired) electrons. The number of carboxylic acids is 1. The standard InChI is InChI=1S/C12H9NO5S/c1-7-8(13(16)17)3-2-4-10(7)19-11-6-5-9(18-11)12(14)15/h2-6H,1H3,(H,14,15). The van der Waals surface area contributed by atoms with E-state index in [2.05, 4.69) is 0 Å². The van der Waals surface area contributed by atoms with Gasteiger partial charge in [-0.25, -0.2) is 4.79 Å². The van der Waals surface area contributed by atoms with Gasteiger partial charge in [-0.3, -0.25) is 10.1 Å². The van der Waals surface area contributed by atoms with E-state index < -0.39 is 10.9 Å². The van der Waals surface area contributed by atoms with Gasteiger partial charge >= 0.3 is 5.97 Å². The summed E-state index contributed by atoms with van der Waals surface area (Å²) in [6.45, 7) is 1.64. The minimum absolute atomic E-state index is 0.0232. The number of nitro groups is 1. The maximum absolute atomic E-state index is 10.8. The summed E-state index contributed by atoms with van der Waals surface area (Å²) < 4.78 is 5.10. The van der Waals surface area contributed by atoms with E-state index in [-0.39, 0.29) is 11.4 Å². The predicted molar refractivity (Wildman–Crippen MR) is 67.6 cm³/mol. The lowest BCUT2D eigenvalue weighted by atomic mass is 10.2. The largest absolute Gasteiger partial charge is 0.475 e. The average molecular weight is 279 g/mol. The number of furan rings is 1. The highest BCUT2D eigenvalue weighted by molar-refractivity contribution is 7.99. The summed E-state index contributed by atoms with van der Waals surface area (Å²) in [6.07, 6.45) is 0. The van der Waals surface area contributed by atoms with Crippen LogP contribution in [0.1, 0.15) is 16.1 Å². The Bertz CT molecular complexity index is 649. The monoisotopic (exact) mass is 279 g/mol. The smallest absolute Gasteiger partial charge is 0.371 e. The van der Waals surface area contributed by atoms with E-state index in [1.165, 1.54) is 18.2 Å². The number of aromatic carboxylic acids is 1. The van der Waals surface area contributed by atoms with Crippen molar-refractivity contribution >= 4 is 23.4 Å². The molecule has 0 saturated carbocycles. The second-order valence-electron chi connectivity index (χ2n) is 3.68. The summed E-state index contributed by atoms with van der Waals surface area (Å²) in [5.74, 6) is -1.31. The minimum Gasteiger partial charge on any atom is -0.475 e. The maximum Gasteiger partial charge on any atom is 0.371 e. The van der Waals surface area contributed by atoms with Crippen molar-refractivity contribution in [1.29, 1.82) is 0 Å². The number of carboxylic acid groups (broad SMARTS) is 1. The zero-order chi connectivity index (χ0) is 14.0. The van der Waals surface area contributed by atoms with Crippen molar-refractivity contribution < 1.29 is 19.2 Å².